The Bertz CT molecular complexity index is 580. The summed E-state index contributed by atoms with van der Waals surface area (Å²) < 4.78 is 13.2. The van der Waals surface area contributed by atoms with Gasteiger partial charge in [-0.1, -0.05) is 6.07 Å². The summed E-state index contributed by atoms with van der Waals surface area (Å²) in [5.41, 5.74) is -1.27. The van der Waals surface area contributed by atoms with E-state index in [0.29, 0.717) is 0 Å². The van der Waals surface area contributed by atoms with Crippen LogP contribution in [-0.4, -0.2) is 58.3 Å². The summed E-state index contributed by atoms with van der Waals surface area (Å²) in [7, 11) is 0. The molecule has 1 aromatic carbocycles. The zero-order valence-corrected chi connectivity index (χ0v) is 12.3. The van der Waals surface area contributed by atoms with E-state index in [9.17, 15) is 24.2 Å². The van der Waals surface area contributed by atoms with Crippen LogP contribution in [0.5, 0.6) is 0 Å². The molecular weight excluding hydrogens is 291 g/mol. The molecule has 3 N–H and O–H groups in total. The summed E-state index contributed by atoms with van der Waals surface area (Å²) in [4.78, 5) is 24.6. The molecule has 0 spiro atoms. The minimum absolute atomic E-state index is 0.0779. The number of halogens is 1. The minimum atomic E-state index is -1.47. The van der Waals surface area contributed by atoms with Crippen LogP contribution >= 0.6 is 0 Å². The molecule has 2 atom stereocenters. The number of carbonyl (C=O) groups is 2. The quantitative estimate of drug-likeness (QED) is 0.727. The Kier molecular flexibility index (Phi) is 4.77. The average molecular weight is 310 g/mol. The van der Waals surface area contributed by atoms with Gasteiger partial charge in [0.2, 0.25) is 5.91 Å². The van der Waals surface area contributed by atoms with Crippen LogP contribution in [0.3, 0.4) is 0 Å². The van der Waals surface area contributed by atoms with Gasteiger partial charge in [0.1, 0.15) is 17.5 Å². The summed E-state index contributed by atoms with van der Waals surface area (Å²) in [6.07, 6.45) is -1.07. The summed E-state index contributed by atoms with van der Waals surface area (Å²) in [6, 6.07) is 5.31. The maximum atomic E-state index is 13.2. The van der Waals surface area contributed by atoms with E-state index in [1.807, 2.05) is 0 Å². The first kappa shape index (κ1) is 16.4. The van der Waals surface area contributed by atoms with Gasteiger partial charge < -0.3 is 20.4 Å². The maximum absolute atomic E-state index is 13.2. The number of nitrogens with zero attached hydrogens (tertiary/aromatic N) is 1. The molecule has 0 bridgehead atoms. The highest BCUT2D eigenvalue weighted by Crippen LogP contribution is 2.23. The van der Waals surface area contributed by atoms with Crippen LogP contribution in [0, 0.1) is 5.82 Å². The third kappa shape index (κ3) is 3.61. The fourth-order valence-corrected chi connectivity index (χ4v) is 2.44. The Hall–Kier alpha value is -1.99. The van der Waals surface area contributed by atoms with Crippen molar-refractivity contribution in [3.63, 3.8) is 0 Å². The van der Waals surface area contributed by atoms with Gasteiger partial charge in [-0.05, 0) is 24.6 Å². The lowest BCUT2D eigenvalue weighted by molar-refractivity contribution is -0.127. The molecule has 2 amide bonds. The lowest BCUT2D eigenvalue weighted by Crippen LogP contribution is -2.61. The molecule has 0 saturated carbocycles. The number of hydrogen-bond acceptors (Lipinski definition) is 4. The van der Waals surface area contributed by atoms with Crippen LogP contribution in [0.15, 0.2) is 24.3 Å². The largest absolute Gasteiger partial charge is 0.388 e. The maximum Gasteiger partial charge on any atom is 0.254 e. The lowest BCUT2D eigenvalue weighted by atomic mass is 9.88. The molecule has 0 unspecified atom stereocenters. The van der Waals surface area contributed by atoms with Crippen molar-refractivity contribution in [1.29, 1.82) is 0 Å². The van der Waals surface area contributed by atoms with Crippen molar-refractivity contribution in [2.45, 2.75) is 25.0 Å². The second-order valence-corrected chi connectivity index (χ2v) is 5.54. The zero-order valence-electron chi connectivity index (χ0n) is 12.3. The number of aliphatic hydroxyl groups excluding tert-OH is 1. The fraction of sp³-hybridized carbons (Fsp3) is 0.467. The summed E-state index contributed by atoms with van der Waals surface area (Å²) >= 11 is 0. The van der Waals surface area contributed by atoms with Gasteiger partial charge in [-0.15, -0.1) is 0 Å². The highest BCUT2D eigenvalue weighted by molar-refractivity contribution is 5.94. The van der Waals surface area contributed by atoms with Crippen molar-refractivity contribution >= 4 is 11.8 Å². The summed E-state index contributed by atoms with van der Waals surface area (Å²) in [5.74, 6) is -1.22. The van der Waals surface area contributed by atoms with Crippen LogP contribution < -0.4 is 5.32 Å². The Balaban J connectivity index is 2.03. The molecule has 1 heterocycles. The second kappa shape index (κ2) is 6.41. The predicted octanol–water partition coefficient (Wildman–Crippen LogP) is -0.100. The number of likely N-dealkylation sites (tertiary alicyclic amines) is 1. The number of β-amino-alcohol motifs (C(OH)–C–C–N with tert-alkyl or cyclic N) is 1. The molecule has 22 heavy (non-hydrogen) atoms. The van der Waals surface area contributed by atoms with Gasteiger partial charge in [0.15, 0.2) is 0 Å². The molecule has 6 nitrogen and oxygen atoms in total. The number of amides is 2. The zero-order chi connectivity index (χ0) is 16.3. The van der Waals surface area contributed by atoms with Crippen molar-refractivity contribution in [3.8, 4) is 0 Å². The van der Waals surface area contributed by atoms with Gasteiger partial charge >= 0.3 is 0 Å². The molecule has 1 aliphatic heterocycles. The number of benzene rings is 1. The van der Waals surface area contributed by atoms with Crippen molar-refractivity contribution in [2.24, 2.45) is 0 Å². The van der Waals surface area contributed by atoms with Crippen LogP contribution in [0.25, 0.3) is 0 Å². The lowest BCUT2D eigenvalue weighted by Gasteiger charge is -2.42. The molecule has 1 aromatic rings. The second-order valence-electron chi connectivity index (χ2n) is 5.54. The molecule has 0 aliphatic carbocycles. The first-order valence-electron chi connectivity index (χ1n) is 7.01. The van der Waals surface area contributed by atoms with Gasteiger partial charge in [0.25, 0.3) is 5.91 Å². The van der Waals surface area contributed by atoms with Crippen LogP contribution in [0.1, 0.15) is 23.7 Å². The van der Waals surface area contributed by atoms with E-state index in [0.717, 1.165) is 6.07 Å². The molecule has 1 aliphatic rings. The van der Waals surface area contributed by atoms with E-state index in [-0.39, 0.29) is 37.5 Å². The number of nitrogens with one attached hydrogen (secondary N) is 1. The predicted molar refractivity (Wildman–Crippen MR) is 76.6 cm³/mol. The summed E-state index contributed by atoms with van der Waals surface area (Å²) in [6.45, 7) is 1.37. The number of hydrogen-bond donors (Lipinski definition) is 3. The van der Waals surface area contributed by atoms with Crippen LogP contribution in [-0.2, 0) is 4.79 Å². The fourth-order valence-electron chi connectivity index (χ4n) is 2.44. The van der Waals surface area contributed by atoms with Crippen molar-refractivity contribution < 1.29 is 24.2 Å². The third-order valence-electron chi connectivity index (χ3n) is 3.83. The Morgan fingerprint density at radius 1 is 1.50 bits per heavy atom. The average Bonchev–Trinajstić information content (AvgIpc) is 2.47. The Labute approximate surface area is 127 Å². The Morgan fingerprint density at radius 3 is 2.82 bits per heavy atom. The van der Waals surface area contributed by atoms with Crippen LogP contribution in [0.2, 0.25) is 0 Å². The first-order chi connectivity index (χ1) is 10.3. The van der Waals surface area contributed by atoms with E-state index in [2.05, 4.69) is 5.32 Å². The molecule has 1 fully saturated rings. The monoisotopic (exact) mass is 310 g/mol. The number of carbonyl (C=O) groups excluding carboxylic acids is 2. The van der Waals surface area contributed by atoms with Crippen molar-refractivity contribution in [2.75, 3.05) is 19.6 Å². The van der Waals surface area contributed by atoms with E-state index in [1.165, 1.54) is 30.0 Å². The number of piperidine rings is 1. The third-order valence-corrected chi connectivity index (χ3v) is 3.83. The van der Waals surface area contributed by atoms with Gasteiger partial charge in [-0.2, -0.15) is 0 Å². The molecule has 1 saturated heterocycles. The topological polar surface area (TPSA) is 89.9 Å². The standard InChI is InChI=1S/C15H19FN2O4/c1-10(19)17-9-15(22)5-6-18(8-13(15)20)14(21)11-3-2-4-12(16)7-11/h2-4,7,13,20,22H,5-6,8-9H2,1H3,(H,17,19)/t13-,15-/m1/s1. The molecule has 2 rings (SSSR count). The SMILES string of the molecule is CC(=O)NC[C@]1(O)CCN(C(=O)c2cccc(F)c2)C[C@H]1O. The van der Waals surface area contributed by atoms with Crippen molar-refractivity contribution in [3.05, 3.63) is 35.6 Å². The highest BCUT2D eigenvalue weighted by atomic mass is 19.1. The summed E-state index contributed by atoms with van der Waals surface area (Å²) in [5, 5.41) is 22.9. The molecular formula is C15H19FN2O4. The van der Waals surface area contributed by atoms with Gasteiger partial charge in [-0.3, -0.25) is 9.59 Å². The van der Waals surface area contributed by atoms with Gasteiger partial charge in [0.05, 0.1) is 0 Å². The Morgan fingerprint density at radius 2 is 2.23 bits per heavy atom. The number of rotatable bonds is 3. The van der Waals surface area contributed by atoms with Gasteiger partial charge in [0, 0.05) is 32.1 Å². The molecule has 0 radical (unpaired) electrons. The smallest absolute Gasteiger partial charge is 0.254 e. The number of aliphatic hydroxyl groups is 2. The molecule has 120 valence electrons. The normalized spacial score (nSPS) is 24.9. The molecule has 7 heteroatoms. The van der Waals surface area contributed by atoms with Crippen molar-refractivity contribution in [1.82, 2.24) is 10.2 Å². The van der Waals surface area contributed by atoms with Crippen LogP contribution in [0.4, 0.5) is 4.39 Å². The molecule has 0 aromatic heterocycles. The van der Waals surface area contributed by atoms with E-state index < -0.39 is 23.4 Å². The van der Waals surface area contributed by atoms with E-state index in [1.54, 1.807) is 0 Å². The first-order valence-corrected chi connectivity index (χ1v) is 7.01. The van der Waals surface area contributed by atoms with E-state index >= 15 is 0 Å². The minimum Gasteiger partial charge on any atom is -0.388 e. The highest BCUT2D eigenvalue weighted by Gasteiger charge is 2.42. The van der Waals surface area contributed by atoms with E-state index in [4.69, 9.17) is 0 Å². The van der Waals surface area contributed by atoms with Gasteiger partial charge in [-0.25, -0.2) is 4.39 Å².